The van der Waals surface area contributed by atoms with Crippen LogP contribution in [0, 0.1) is 0 Å². The zero-order valence-corrected chi connectivity index (χ0v) is 25.5. The van der Waals surface area contributed by atoms with E-state index >= 15 is 0 Å². The molecule has 6 N–H and O–H groups in total. The summed E-state index contributed by atoms with van der Waals surface area (Å²) in [7, 11) is 3.06. The highest BCUT2D eigenvalue weighted by Crippen LogP contribution is 2.41. The van der Waals surface area contributed by atoms with Crippen LogP contribution in [0.5, 0.6) is 11.5 Å². The minimum absolute atomic E-state index is 0.246. The second-order valence-electron chi connectivity index (χ2n) is 9.61. The second kappa shape index (κ2) is 12.5. The number of carbonyl (C=O) groups excluding carboxylic acids is 1. The lowest BCUT2D eigenvalue weighted by Crippen LogP contribution is -2.06. The van der Waals surface area contributed by atoms with Crippen molar-refractivity contribution in [1.82, 2.24) is 9.97 Å². The van der Waals surface area contributed by atoms with Gasteiger partial charge in [0.05, 0.1) is 35.1 Å². The van der Waals surface area contributed by atoms with Crippen LogP contribution >= 0.6 is 22.7 Å². The number of nitrogens with two attached hydrogens (primary N) is 2. The fourth-order valence-corrected chi connectivity index (χ4v) is 6.46. The van der Waals surface area contributed by atoms with Crippen molar-refractivity contribution in [2.24, 2.45) is 0 Å². The molecule has 0 amide bonds. The molecule has 0 saturated heterocycles. The van der Waals surface area contributed by atoms with Gasteiger partial charge in [-0.25, -0.2) is 9.97 Å². The maximum Gasteiger partial charge on any atom is 0.200 e. The van der Waals surface area contributed by atoms with Crippen molar-refractivity contribution in [3.63, 3.8) is 0 Å². The smallest absolute Gasteiger partial charge is 0.200 e. The molecule has 0 unspecified atom stereocenters. The van der Waals surface area contributed by atoms with Gasteiger partial charge in [-0.05, 0) is 59.7 Å². The molecular formula is C33H28N6O3S2. The van der Waals surface area contributed by atoms with Crippen molar-refractivity contribution in [1.29, 1.82) is 0 Å². The molecule has 0 aliphatic rings. The number of nitrogens with zero attached hydrogens (tertiary/aromatic N) is 2. The summed E-state index contributed by atoms with van der Waals surface area (Å²) in [4.78, 5) is 24.3. The number of hydrogen-bond donors (Lipinski definition) is 4. The summed E-state index contributed by atoms with van der Waals surface area (Å²) in [5, 5.41) is 7.87. The van der Waals surface area contributed by atoms with Gasteiger partial charge in [0.25, 0.3) is 0 Å². The molecular weight excluding hydrogens is 593 g/mol. The zero-order chi connectivity index (χ0) is 30.6. The molecule has 4 aromatic carbocycles. The van der Waals surface area contributed by atoms with Crippen LogP contribution in [0.15, 0.2) is 97.1 Å². The molecule has 6 rings (SSSR count). The molecule has 0 aliphatic carbocycles. The molecule has 0 bridgehead atoms. The lowest BCUT2D eigenvalue weighted by molar-refractivity contribution is 0.103. The fourth-order valence-electron chi connectivity index (χ4n) is 4.66. The first-order valence-corrected chi connectivity index (χ1v) is 15.1. The monoisotopic (exact) mass is 620 g/mol. The molecule has 0 saturated carbocycles. The largest absolute Gasteiger partial charge is 0.496 e. The van der Waals surface area contributed by atoms with Crippen molar-refractivity contribution in [2.75, 3.05) is 36.3 Å². The van der Waals surface area contributed by atoms with E-state index in [4.69, 9.17) is 20.9 Å². The van der Waals surface area contributed by atoms with Crippen molar-refractivity contribution in [2.45, 2.75) is 0 Å². The lowest BCUT2D eigenvalue weighted by Gasteiger charge is -2.13. The molecule has 44 heavy (non-hydrogen) atoms. The standard InChI is InChI=1S/C33H28N6O3S2/c1-41-25-17-19(28-30(34)38-32(43-28)36-21-9-5-3-6-10-21)13-15-23(25)27(40)24-16-14-20(18-26(24)42-2)29-31(35)39-33(44-29)37-22-11-7-4-8-12-22/h3-18H,34-35H2,1-2H3,(H,36,38)(H,37,39). The Labute approximate surface area is 262 Å². The van der Waals surface area contributed by atoms with Crippen LogP contribution < -0.4 is 31.6 Å². The number of carbonyl (C=O) groups is 1. The van der Waals surface area contributed by atoms with E-state index in [1.54, 1.807) is 24.3 Å². The van der Waals surface area contributed by atoms with E-state index in [0.717, 1.165) is 32.3 Å². The van der Waals surface area contributed by atoms with Crippen molar-refractivity contribution in [3.8, 4) is 32.4 Å². The number of methoxy groups -OCH3 is 2. The van der Waals surface area contributed by atoms with Crippen LogP contribution in [0.2, 0.25) is 0 Å². The lowest BCUT2D eigenvalue weighted by atomic mass is 9.98. The van der Waals surface area contributed by atoms with Crippen LogP contribution in [0.1, 0.15) is 15.9 Å². The number of rotatable bonds is 10. The zero-order valence-electron chi connectivity index (χ0n) is 23.8. The minimum atomic E-state index is -0.246. The SMILES string of the molecule is COc1cc(-c2sc(Nc3ccccc3)nc2N)ccc1C(=O)c1ccc(-c2sc(Nc3ccccc3)nc2N)cc1OC. The summed E-state index contributed by atoms with van der Waals surface area (Å²) in [6, 6.07) is 30.2. The molecule has 0 radical (unpaired) electrons. The number of ether oxygens (including phenoxy) is 2. The van der Waals surface area contributed by atoms with Crippen LogP contribution in [0.3, 0.4) is 0 Å². The van der Waals surface area contributed by atoms with Crippen molar-refractivity contribution < 1.29 is 14.3 Å². The van der Waals surface area contributed by atoms with Crippen LogP contribution in [-0.4, -0.2) is 30.0 Å². The maximum absolute atomic E-state index is 13.8. The second-order valence-corrected chi connectivity index (χ2v) is 11.6. The van der Waals surface area contributed by atoms with E-state index in [1.165, 1.54) is 36.9 Å². The summed E-state index contributed by atoms with van der Waals surface area (Å²) in [5.41, 5.74) is 16.7. The summed E-state index contributed by atoms with van der Waals surface area (Å²) in [6.45, 7) is 0. The fraction of sp³-hybridized carbons (Fsp3) is 0.0606. The van der Waals surface area contributed by atoms with Gasteiger partial charge < -0.3 is 31.6 Å². The first-order valence-electron chi connectivity index (χ1n) is 13.5. The highest BCUT2D eigenvalue weighted by molar-refractivity contribution is 7.20. The number of anilines is 6. The molecule has 9 nitrogen and oxygen atoms in total. The predicted molar refractivity (Wildman–Crippen MR) is 180 cm³/mol. The van der Waals surface area contributed by atoms with Crippen molar-refractivity contribution >= 4 is 61.7 Å². The average Bonchev–Trinajstić information content (AvgIpc) is 3.61. The molecule has 0 spiro atoms. The number of benzene rings is 4. The van der Waals surface area contributed by atoms with Gasteiger partial charge in [-0.1, -0.05) is 71.2 Å². The van der Waals surface area contributed by atoms with Crippen molar-refractivity contribution in [3.05, 3.63) is 108 Å². The Morgan fingerprint density at radius 2 is 1.05 bits per heavy atom. The number of ketones is 1. The van der Waals surface area contributed by atoms with E-state index in [1.807, 2.05) is 72.8 Å². The third-order valence-corrected chi connectivity index (χ3v) is 8.84. The van der Waals surface area contributed by atoms with E-state index in [2.05, 4.69) is 20.6 Å². The third kappa shape index (κ3) is 5.91. The van der Waals surface area contributed by atoms with Gasteiger partial charge in [0.2, 0.25) is 0 Å². The molecule has 220 valence electrons. The summed E-state index contributed by atoms with van der Waals surface area (Å²) in [6.07, 6.45) is 0. The molecule has 0 atom stereocenters. The van der Waals surface area contributed by atoms with E-state index in [-0.39, 0.29) is 5.78 Å². The maximum atomic E-state index is 13.8. The molecule has 0 fully saturated rings. The quantitative estimate of drug-likeness (QED) is 0.113. The van der Waals surface area contributed by atoms with Crippen LogP contribution in [0.4, 0.5) is 33.3 Å². The Bertz CT molecular complexity index is 1800. The predicted octanol–water partition coefficient (Wildman–Crippen LogP) is 7.83. The summed E-state index contributed by atoms with van der Waals surface area (Å²) < 4.78 is 11.3. The molecule has 6 aromatic rings. The topological polar surface area (TPSA) is 137 Å². The van der Waals surface area contributed by atoms with Crippen LogP contribution in [0.25, 0.3) is 20.9 Å². The Kier molecular flexibility index (Phi) is 8.13. The molecule has 0 aliphatic heterocycles. The number of aromatic nitrogens is 2. The summed E-state index contributed by atoms with van der Waals surface area (Å²) in [5.74, 6) is 1.34. The van der Waals surface area contributed by atoms with Gasteiger partial charge in [0, 0.05) is 11.4 Å². The number of hydrogen-bond acceptors (Lipinski definition) is 11. The van der Waals surface area contributed by atoms with Gasteiger partial charge in [-0.15, -0.1) is 0 Å². The minimum Gasteiger partial charge on any atom is -0.496 e. The molecule has 2 heterocycles. The number of thiazole rings is 2. The number of nitrogens with one attached hydrogen (secondary N) is 2. The first-order chi connectivity index (χ1) is 21.4. The number of para-hydroxylation sites is 2. The third-order valence-electron chi connectivity index (χ3n) is 6.77. The van der Waals surface area contributed by atoms with Crippen LogP contribution in [-0.2, 0) is 0 Å². The normalized spacial score (nSPS) is 10.8. The Hall–Kier alpha value is -5.39. The van der Waals surface area contributed by atoms with E-state index in [9.17, 15) is 4.79 Å². The average molecular weight is 621 g/mol. The highest BCUT2D eigenvalue weighted by Gasteiger charge is 2.22. The first kappa shape index (κ1) is 28.7. The van der Waals surface area contributed by atoms with E-state index in [0.29, 0.717) is 44.5 Å². The number of nitrogen functional groups attached to an aromatic ring is 2. The highest BCUT2D eigenvalue weighted by atomic mass is 32.1. The van der Waals surface area contributed by atoms with Gasteiger partial charge in [-0.2, -0.15) is 0 Å². The Morgan fingerprint density at radius 1 is 0.636 bits per heavy atom. The van der Waals surface area contributed by atoms with Gasteiger partial charge in [0.15, 0.2) is 16.0 Å². The van der Waals surface area contributed by atoms with Gasteiger partial charge >= 0.3 is 0 Å². The molecule has 11 heteroatoms. The van der Waals surface area contributed by atoms with Gasteiger partial charge in [-0.3, -0.25) is 4.79 Å². The Balaban J connectivity index is 1.26. The summed E-state index contributed by atoms with van der Waals surface area (Å²) >= 11 is 2.84. The van der Waals surface area contributed by atoms with Gasteiger partial charge in [0.1, 0.15) is 23.1 Å². The van der Waals surface area contributed by atoms with E-state index < -0.39 is 0 Å². The Morgan fingerprint density at radius 3 is 1.43 bits per heavy atom. The molecule has 2 aromatic heterocycles.